The monoisotopic (exact) mass is 228 g/mol. The third-order valence-corrected chi connectivity index (χ3v) is 2.47. The third kappa shape index (κ3) is 1.34. The lowest BCUT2D eigenvalue weighted by molar-refractivity contribution is 0.0692. The van der Waals surface area contributed by atoms with Crippen molar-refractivity contribution < 1.29 is 9.90 Å². The summed E-state index contributed by atoms with van der Waals surface area (Å²) >= 11 is 0. The van der Waals surface area contributed by atoms with Gasteiger partial charge < -0.3 is 5.11 Å². The Morgan fingerprint density at radius 1 is 1.29 bits per heavy atom. The van der Waals surface area contributed by atoms with E-state index in [1.807, 2.05) is 12.1 Å². The van der Waals surface area contributed by atoms with E-state index in [-0.39, 0.29) is 11.3 Å². The molecule has 0 saturated heterocycles. The van der Waals surface area contributed by atoms with E-state index in [9.17, 15) is 4.79 Å². The molecule has 2 heterocycles. The third-order valence-electron chi connectivity index (χ3n) is 2.47. The lowest BCUT2D eigenvalue weighted by Gasteiger charge is -2.02. The average Bonchev–Trinajstić information content (AvgIpc) is 2.69. The van der Waals surface area contributed by atoms with Gasteiger partial charge in [-0.05, 0) is 19.1 Å². The number of aromatic carboxylic acids is 1. The molecular weight excluding hydrogens is 220 g/mol. The normalized spacial score (nSPS) is 11.1. The van der Waals surface area contributed by atoms with Crippen LogP contribution in [-0.4, -0.2) is 30.7 Å². The van der Waals surface area contributed by atoms with E-state index < -0.39 is 5.97 Å². The smallest absolute Gasteiger partial charge is 0.358 e. The van der Waals surface area contributed by atoms with Crippen LogP contribution in [0, 0.1) is 6.92 Å². The number of hydrogen-bond donors (Lipinski definition) is 1. The van der Waals surface area contributed by atoms with Gasteiger partial charge in [-0.3, -0.25) is 0 Å². The second kappa shape index (κ2) is 3.24. The van der Waals surface area contributed by atoms with E-state index in [0.717, 1.165) is 5.52 Å². The Kier molecular flexibility index (Phi) is 1.85. The van der Waals surface area contributed by atoms with Gasteiger partial charge in [-0.25, -0.2) is 19.3 Å². The van der Waals surface area contributed by atoms with Gasteiger partial charge in [-0.15, -0.1) is 0 Å². The molecule has 6 heteroatoms. The van der Waals surface area contributed by atoms with Gasteiger partial charge in [-0.1, -0.05) is 12.1 Å². The van der Waals surface area contributed by atoms with Crippen molar-refractivity contribution in [2.24, 2.45) is 0 Å². The first-order valence-corrected chi connectivity index (χ1v) is 5.02. The number of aromatic nitrogens is 4. The number of rotatable bonds is 1. The maximum atomic E-state index is 11.1. The van der Waals surface area contributed by atoms with Crippen LogP contribution in [0.3, 0.4) is 0 Å². The molecule has 1 N–H and O–H groups in total. The minimum Gasteiger partial charge on any atom is -0.476 e. The number of fused-ring (bicyclic) bond motifs is 3. The van der Waals surface area contributed by atoms with Gasteiger partial charge >= 0.3 is 5.97 Å². The Bertz CT molecular complexity index is 748. The molecule has 0 aliphatic carbocycles. The second-order valence-corrected chi connectivity index (χ2v) is 3.65. The lowest BCUT2D eigenvalue weighted by atomic mass is 10.3. The van der Waals surface area contributed by atoms with Gasteiger partial charge in [0.05, 0.1) is 11.0 Å². The average molecular weight is 228 g/mol. The van der Waals surface area contributed by atoms with Crippen molar-refractivity contribution in [2.75, 3.05) is 0 Å². The lowest BCUT2D eigenvalue weighted by Crippen LogP contribution is -2.06. The number of hydrogen-bond acceptors (Lipinski definition) is 4. The topological polar surface area (TPSA) is 80.4 Å². The van der Waals surface area contributed by atoms with Gasteiger partial charge in [0.1, 0.15) is 5.82 Å². The van der Waals surface area contributed by atoms with Crippen LogP contribution < -0.4 is 0 Å². The Morgan fingerprint density at radius 2 is 2.06 bits per heavy atom. The first-order valence-electron chi connectivity index (χ1n) is 5.02. The number of carboxylic acid groups (broad SMARTS) is 1. The molecule has 2 aromatic heterocycles. The van der Waals surface area contributed by atoms with Crippen LogP contribution in [0.25, 0.3) is 16.7 Å². The quantitative estimate of drug-likeness (QED) is 0.678. The molecule has 0 amide bonds. The molecule has 0 aliphatic heterocycles. The van der Waals surface area contributed by atoms with E-state index in [0.29, 0.717) is 11.3 Å². The Hall–Kier alpha value is -2.50. The SMILES string of the molecule is Cc1nc2c(C(=O)O)nc3ccccc3n2n1. The molecular formula is C11H8N4O2. The molecule has 0 aliphatic rings. The summed E-state index contributed by atoms with van der Waals surface area (Å²) in [7, 11) is 0. The summed E-state index contributed by atoms with van der Waals surface area (Å²) < 4.78 is 1.52. The van der Waals surface area contributed by atoms with E-state index in [4.69, 9.17) is 5.11 Å². The van der Waals surface area contributed by atoms with Crippen LogP contribution in [0.15, 0.2) is 24.3 Å². The predicted molar refractivity (Wildman–Crippen MR) is 60.0 cm³/mol. The molecule has 0 fully saturated rings. The molecule has 17 heavy (non-hydrogen) atoms. The summed E-state index contributed by atoms with van der Waals surface area (Å²) in [6, 6.07) is 7.23. The molecule has 0 spiro atoms. The van der Waals surface area contributed by atoms with E-state index >= 15 is 0 Å². The van der Waals surface area contributed by atoms with Gasteiger partial charge in [0, 0.05) is 0 Å². The minimum atomic E-state index is -1.10. The van der Waals surface area contributed by atoms with Crippen LogP contribution in [0.4, 0.5) is 0 Å². The largest absolute Gasteiger partial charge is 0.476 e. The van der Waals surface area contributed by atoms with Crippen LogP contribution in [0.5, 0.6) is 0 Å². The molecule has 0 atom stereocenters. The van der Waals surface area contributed by atoms with E-state index in [1.165, 1.54) is 4.52 Å². The zero-order valence-corrected chi connectivity index (χ0v) is 8.95. The summed E-state index contributed by atoms with van der Waals surface area (Å²) in [5, 5.41) is 13.3. The van der Waals surface area contributed by atoms with Gasteiger partial charge in [-0.2, -0.15) is 5.10 Å². The highest BCUT2D eigenvalue weighted by Crippen LogP contribution is 2.16. The zero-order valence-electron chi connectivity index (χ0n) is 8.95. The standard InChI is InChI=1S/C11H8N4O2/c1-6-12-10-9(11(16)17)13-7-4-2-3-5-8(7)15(10)14-6/h2-5H,1H3,(H,16,17). The minimum absolute atomic E-state index is 0.0794. The number of aryl methyl sites for hydroxylation is 1. The number of carbonyl (C=O) groups is 1. The summed E-state index contributed by atoms with van der Waals surface area (Å²) in [6.07, 6.45) is 0. The molecule has 3 aromatic rings. The Labute approximate surface area is 95.5 Å². The van der Waals surface area contributed by atoms with Crippen molar-refractivity contribution in [3.63, 3.8) is 0 Å². The highest BCUT2D eigenvalue weighted by atomic mass is 16.4. The molecule has 3 rings (SSSR count). The number of carboxylic acids is 1. The molecule has 0 saturated carbocycles. The van der Waals surface area contributed by atoms with Crippen molar-refractivity contribution in [3.8, 4) is 0 Å². The summed E-state index contributed by atoms with van der Waals surface area (Å²) in [5.74, 6) is -0.584. The summed E-state index contributed by atoms with van der Waals surface area (Å²) in [4.78, 5) is 19.3. The van der Waals surface area contributed by atoms with Crippen LogP contribution in [-0.2, 0) is 0 Å². The van der Waals surface area contributed by atoms with Crippen molar-refractivity contribution in [1.82, 2.24) is 19.6 Å². The van der Waals surface area contributed by atoms with Crippen molar-refractivity contribution >= 4 is 22.6 Å². The highest BCUT2D eigenvalue weighted by Gasteiger charge is 2.16. The molecule has 6 nitrogen and oxygen atoms in total. The second-order valence-electron chi connectivity index (χ2n) is 3.65. The van der Waals surface area contributed by atoms with Crippen molar-refractivity contribution in [3.05, 3.63) is 35.8 Å². The predicted octanol–water partition coefficient (Wildman–Crippen LogP) is 1.28. The molecule has 0 unspecified atom stereocenters. The fourth-order valence-corrected chi connectivity index (χ4v) is 1.79. The Morgan fingerprint density at radius 3 is 2.82 bits per heavy atom. The molecule has 1 aromatic carbocycles. The van der Waals surface area contributed by atoms with E-state index in [2.05, 4.69) is 15.1 Å². The molecule has 84 valence electrons. The maximum absolute atomic E-state index is 11.1. The van der Waals surface area contributed by atoms with Crippen molar-refractivity contribution in [2.45, 2.75) is 6.92 Å². The zero-order chi connectivity index (χ0) is 12.0. The summed E-state index contributed by atoms with van der Waals surface area (Å²) in [5.41, 5.74) is 1.52. The fraction of sp³-hybridized carbons (Fsp3) is 0.0909. The number of para-hydroxylation sites is 2. The highest BCUT2D eigenvalue weighted by molar-refractivity contribution is 5.95. The van der Waals surface area contributed by atoms with Crippen molar-refractivity contribution in [1.29, 1.82) is 0 Å². The fourth-order valence-electron chi connectivity index (χ4n) is 1.79. The van der Waals surface area contributed by atoms with E-state index in [1.54, 1.807) is 19.1 Å². The number of nitrogens with zero attached hydrogens (tertiary/aromatic N) is 4. The molecule has 0 bridgehead atoms. The summed E-state index contributed by atoms with van der Waals surface area (Å²) in [6.45, 7) is 1.72. The van der Waals surface area contributed by atoms with Crippen LogP contribution >= 0.6 is 0 Å². The van der Waals surface area contributed by atoms with Gasteiger partial charge in [0.2, 0.25) is 0 Å². The van der Waals surface area contributed by atoms with Gasteiger partial charge in [0.15, 0.2) is 11.3 Å². The maximum Gasteiger partial charge on any atom is 0.358 e. The first kappa shape index (κ1) is 9.71. The first-order chi connectivity index (χ1) is 8.16. The van der Waals surface area contributed by atoms with Gasteiger partial charge in [0.25, 0.3) is 0 Å². The van der Waals surface area contributed by atoms with Crippen LogP contribution in [0.1, 0.15) is 16.3 Å². The number of benzene rings is 1. The van der Waals surface area contributed by atoms with Crippen LogP contribution in [0.2, 0.25) is 0 Å². The molecule has 0 radical (unpaired) electrons. The Balaban J connectivity index is 2.58.